The molecule has 0 aromatic carbocycles. The Morgan fingerprint density at radius 3 is 2.88 bits per heavy atom. The number of hydrogen-bond donors (Lipinski definition) is 2. The Bertz CT molecular complexity index is 300. The lowest BCUT2D eigenvalue weighted by Gasteiger charge is -2.37. The van der Waals surface area contributed by atoms with Gasteiger partial charge in [-0.2, -0.15) is 0 Å². The molecule has 1 unspecified atom stereocenters. The van der Waals surface area contributed by atoms with Gasteiger partial charge < -0.3 is 15.5 Å². The van der Waals surface area contributed by atoms with Crippen LogP contribution in [0, 0.1) is 0 Å². The second-order valence-corrected chi connectivity index (χ2v) is 4.75. The van der Waals surface area contributed by atoms with Crippen LogP contribution in [0.2, 0.25) is 0 Å². The van der Waals surface area contributed by atoms with E-state index < -0.39 is 0 Å². The summed E-state index contributed by atoms with van der Waals surface area (Å²) in [5, 5.41) is 6.07. The van der Waals surface area contributed by atoms with E-state index in [4.69, 9.17) is 0 Å². The maximum atomic E-state index is 12.4. The highest BCUT2D eigenvalue weighted by Crippen LogP contribution is 2.15. The highest BCUT2D eigenvalue weighted by Gasteiger charge is 2.35. The highest BCUT2D eigenvalue weighted by molar-refractivity contribution is 5.90. The Morgan fingerprint density at radius 1 is 1.41 bits per heavy atom. The van der Waals surface area contributed by atoms with Crippen LogP contribution >= 0.6 is 0 Å². The minimum atomic E-state index is -0.278. The van der Waals surface area contributed by atoms with Crippen LogP contribution in [0.3, 0.4) is 0 Å². The zero-order chi connectivity index (χ0) is 12.3. The summed E-state index contributed by atoms with van der Waals surface area (Å²) in [5.74, 6) is 0.0920. The van der Waals surface area contributed by atoms with Crippen LogP contribution in [0.5, 0.6) is 0 Å². The molecule has 0 aliphatic carbocycles. The summed E-state index contributed by atoms with van der Waals surface area (Å²) in [6.07, 6.45) is 3.82. The van der Waals surface area contributed by atoms with Crippen molar-refractivity contribution < 1.29 is 9.59 Å². The fourth-order valence-electron chi connectivity index (χ4n) is 2.65. The number of piperazine rings is 1. The van der Waals surface area contributed by atoms with Gasteiger partial charge in [-0.25, -0.2) is 0 Å². The summed E-state index contributed by atoms with van der Waals surface area (Å²) in [6.45, 7) is 4.08. The summed E-state index contributed by atoms with van der Waals surface area (Å²) in [4.78, 5) is 25.8. The Kier molecular flexibility index (Phi) is 3.99. The van der Waals surface area contributed by atoms with Crippen molar-refractivity contribution in [2.24, 2.45) is 0 Å². The van der Waals surface area contributed by atoms with E-state index in [1.165, 1.54) is 0 Å². The minimum absolute atomic E-state index is 0.0112. The third-order valence-corrected chi connectivity index (χ3v) is 3.61. The number of rotatable bonds is 2. The molecule has 2 N–H and O–H groups in total. The van der Waals surface area contributed by atoms with Crippen molar-refractivity contribution in [3.8, 4) is 0 Å². The third-order valence-electron chi connectivity index (χ3n) is 3.61. The molecule has 96 valence electrons. The molecule has 0 aromatic rings. The zero-order valence-corrected chi connectivity index (χ0v) is 10.4. The summed E-state index contributed by atoms with van der Waals surface area (Å²) in [7, 11) is 0. The van der Waals surface area contributed by atoms with Crippen molar-refractivity contribution in [2.45, 2.75) is 44.7 Å². The number of nitrogens with one attached hydrogen (secondary N) is 2. The SMILES string of the molecule is CCC1C(=O)NCCN1C(=O)[C@@H]1CCCCN1. The average Bonchev–Trinajstić information content (AvgIpc) is 2.38. The first-order chi connectivity index (χ1) is 8.24. The first-order valence-electron chi connectivity index (χ1n) is 6.55. The summed E-state index contributed by atoms with van der Waals surface area (Å²) in [5.41, 5.74) is 0. The van der Waals surface area contributed by atoms with Gasteiger partial charge in [0.15, 0.2) is 0 Å². The fourth-order valence-corrected chi connectivity index (χ4v) is 2.65. The molecule has 0 spiro atoms. The molecule has 2 aliphatic rings. The van der Waals surface area contributed by atoms with Gasteiger partial charge in [-0.15, -0.1) is 0 Å². The molecule has 5 nitrogen and oxygen atoms in total. The van der Waals surface area contributed by atoms with Gasteiger partial charge >= 0.3 is 0 Å². The smallest absolute Gasteiger partial charge is 0.242 e. The minimum Gasteiger partial charge on any atom is -0.353 e. The van der Waals surface area contributed by atoms with Crippen molar-refractivity contribution >= 4 is 11.8 Å². The van der Waals surface area contributed by atoms with Crippen LogP contribution in [0.1, 0.15) is 32.6 Å². The number of carbonyl (C=O) groups is 2. The van der Waals surface area contributed by atoms with E-state index in [1.54, 1.807) is 4.90 Å². The Balaban J connectivity index is 2.03. The quantitative estimate of drug-likeness (QED) is 0.705. The van der Waals surface area contributed by atoms with Gasteiger partial charge in [-0.05, 0) is 25.8 Å². The Labute approximate surface area is 102 Å². The third kappa shape index (κ3) is 2.60. The van der Waals surface area contributed by atoms with Crippen molar-refractivity contribution in [1.29, 1.82) is 0 Å². The molecule has 2 rings (SSSR count). The van der Waals surface area contributed by atoms with Crippen molar-refractivity contribution in [3.05, 3.63) is 0 Å². The Hall–Kier alpha value is -1.10. The highest BCUT2D eigenvalue weighted by atomic mass is 16.2. The second kappa shape index (κ2) is 5.49. The number of hydrogen-bond acceptors (Lipinski definition) is 3. The van der Waals surface area contributed by atoms with Gasteiger partial charge in [0.1, 0.15) is 6.04 Å². The molecule has 2 fully saturated rings. The molecule has 2 aliphatic heterocycles. The average molecular weight is 239 g/mol. The molecule has 2 amide bonds. The number of carbonyl (C=O) groups excluding carboxylic acids is 2. The summed E-state index contributed by atoms with van der Waals surface area (Å²) < 4.78 is 0. The van der Waals surface area contributed by atoms with Crippen molar-refractivity contribution in [2.75, 3.05) is 19.6 Å². The normalized spacial score (nSPS) is 29.9. The van der Waals surface area contributed by atoms with E-state index >= 15 is 0 Å². The number of nitrogens with zero attached hydrogens (tertiary/aromatic N) is 1. The van der Waals surface area contributed by atoms with Gasteiger partial charge in [0.2, 0.25) is 11.8 Å². The lowest BCUT2D eigenvalue weighted by Crippen LogP contribution is -2.61. The molecule has 0 aromatic heterocycles. The maximum Gasteiger partial charge on any atom is 0.242 e. The first kappa shape index (κ1) is 12.4. The zero-order valence-electron chi connectivity index (χ0n) is 10.4. The second-order valence-electron chi connectivity index (χ2n) is 4.75. The molecule has 0 radical (unpaired) electrons. The van der Waals surface area contributed by atoms with E-state index in [-0.39, 0.29) is 23.9 Å². The molecule has 5 heteroatoms. The predicted molar refractivity (Wildman–Crippen MR) is 64.4 cm³/mol. The van der Waals surface area contributed by atoms with E-state index in [9.17, 15) is 9.59 Å². The molecule has 2 saturated heterocycles. The maximum absolute atomic E-state index is 12.4. The molecule has 2 atom stereocenters. The lowest BCUT2D eigenvalue weighted by molar-refractivity contribution is -0.145. The molecule has 0 bridgehead atoms. The summed E-state index contributed by atoms with van der Waals surface area (Å²) >= 11 is 0. The number of amides is 2. The monoisotopic (exact) mass is 239 g/mol. The van der Waals surface area contributed by atoms with Crippen molar-refractivity contribution in [3.63, 3.8) is 0 Å². The molecule has 2 heterocycles. The van der Waals surface area contributed by atoms with Gasteiger partial charge in [-0.1, -0.05) is 13.3 Å². The van der Waals surface area contributed by atoms with Gasteiger partial charge in [-0.3, -0.25) is 9.59 Å². The van der Waals surface area contributed by atoms with Crippen LogP contribution in [0.25, 0.3) is 0 Å². The molecular formula is C12H21N3O2. The van der Waals surface area contributed by atoms with Gasteiger partial charge in [0.05, 0.1) is 6.04 Å². The van der Waals surface area contributed by atoms with Gasteiger partial charge in [0, 0.05) is 13.1 Å². The predicted octanol–water partition coefficient (Wildman–Crippen LogP) is -0.134. The molecular weight excluding hydrogens is 218 g/mol. The number of piperidine rings is 1. The van der Waals surface area contributed by atoms with E-state index in [1.807, 2.05) is 6.92 Å². The lowest BCUT2D eigenvalue weighted by atomic mass is 10.0. The van der Waals surface area contributed by atoms with Crippen LogP contribution in [0.4, 0.5) is 0 Å². The van der Waals surface area contributed by atoms with Crippen molar-refractivity contribution in [1.82, 2.24) is 15.5 Å². The largest absolute Gasteiger partial charge is 0.353 e. The standard InChI is InChI=1S/C12H21N3O2/c1-2-10-11(16)14-7-8-15(10)12(17)9-5-3-4-6-13-9/h9-10,13H,2-8H2,1H3,(H,14,16)/t9-,10?/m0/s1. The van der Waals surface area contributed by atoms with Crippen LogP contribution < -0.4 is 10.6 Å². The first-order valence-corrected chi connectivity index (χ1v) is 6.55. The van der Waals surface area contributed by atoms with E-state index in [0.717, 1.165) is 25.8 Å². The van der Waals surface area contributed by atoms with E-state index in [2.05, 4.69) is 10.6 Å². The van der Waals surface area contributed by atoms with Crippen LogP contribution in [-0.4, -0.2) is 48.4 Å². The van der Waals surface area contributed by atoms with E-state index in [0.29, 0.717) is 19.5 Å². The van der Waals surface area contributed by atoms with Crippen LogP contribution in [-0.2, 0) is 9.59 Å². The fraction of sp³-hybridized carbons (Fsp3) is 0.833. The van der Waals surface area contributed by atoms with Crippen LogP contribution in [0.15, 0.2) is 0 Å². The topological polar surface area (TPSA) is 61.4 Å². The molecule has 17 heavy (non-hydrogen) atoms. The van der Waals surface area contributed by atoms with Gasteiger partial charge in [0.25, 0.3) is 0 Å². The molecule has 0 saturated carbocycles. The summed E-state index contributed by atoms with van der Waals surface area (Å²) in [6, 6.07) is -0.358. The Morgan fingerprint density at radius 2 is 2.24 bits per heavy atom.